The Balaban J connectivity index is 1.41. The number of carboxylic acid groups (broad SMARTS) is 1. The molecular weight excluding hydrogens is 560 g/mol. The number of aryl methyl sites for hydroxylation is 1. The van der Waals surface area contributed by atoms with Gasteiger partial charge < -0.3 is 24.6 Å². The molecule has 3 aromatic carbocycles. The number of rotatable bonds is 10. The summed E-state index contributed by atoms with van der Waals surface area (Å²) in [5.41, 5.74) is 3.58. The van der Waals surface area contributed by atoms with E-state index in [2.05, 4.69) is 10.6 Å². The third-order valence-corrected chi connectivity index (χ3v) is 7.30. The highest BCUT2D eigenvalue weighted by molar-refractivity contribution is 6.30. The summed E-state index contributed by atoms with van der Waals surface area (Å²) in [6, 6.07) is 19.1. The fraction of sp³-hybridized carbons (Fsp3) is 0.188. The van der Waals surface area contributed by atoms with E-state index in [1.54, 1.807) is 43.5 Å². The van der Waals surface area contributed by atoms with Crippen LogP contribution in [0.3, 0.4) is 0 Å². The van der Waals surface area contributed by atoms with E-state index in [0.717, 1.165) is 22.1 Å². The standard InChI is InChI=1S/C32H27ClN2O7/c1-18-22-14-24-25(20-5-3-2-4-6-20)17-41-27(24)16-28(22)42-32(40)23(18)15-29(36)35-26(31(39)34-12-11-30(37)38)13-19-7-9-21(33)10-8-19/h2-10,14,16-17,26H,11-13,15H2,1H3,(H,34,39)(H,35,36)(H,37,38). The number of furan rings is 1. The van der Waals surface area contributed by atoms with E-state index in [1.165, 1.54) is 0 Å². The molecule has 1 unspecified atom stereocenters. The first-order valence-electron chi connectivity index (χ1n) is 13.3. The maximum atomic E-state index is 13.2. The SMILES string of the molecule is Cc1c(CC(=O)NC(Cc2ccc(Cl)cc2)C(=O)NCCC(=O)O)c(=O)oc2cc3occ(-c4ccccc4)c3cc12. The second kappa shape index (κ2) is 12.3. The van der Waals surface area contributed by atoms with Gasteiger partial charge in [0.05, 0.1) is 24.7 Å². The van der Waals surface area contributed by atoms with Gasteiger partial charge >= 0.3 is 11.6 Å². The van der Waals surface area contributed by atoms with E-state index in [9.17, 15) is 19.2 Å². The lowest BCUT2D eigenvalue weighted by atomic mass is 9.99. The first-order valence-corrected chi connectivity index (χ1v) is 13.6. The molecule has 1 atom stereocenters. The van der Waals surface area contributed by atoms with Gasteiger partial charge in [-0.25, -0.2) is 4.79 Å². The molecule has 0 saturated carbocycles. The van der Waals surface area contributed by atoms with Gasteiger partial charge in [0.15, 0.2) is 0 Å². The van der Waals surface area contributed by atoms with Crippen molar-refractivity contribution in [3.8, 4) is 11.1 Å². The van der Waals surface area contributed by atoms with E-state index in [0.29, 0.717) is 27.1 Å². The topological polar surface area (TPSA) is 139 Å². The van der Waals surface area contributed by atoms with Crippen LogP contribution in [0.15, 0.2) is 86.6 Å². The molecule has 2 heterocycles. The number of fused-ring (bicyclic) bond motifs is 2. The molecule has 5 aromatic rings. The van der Waals surface area contributed by atoms with Gasteiger partial charge in [-0.2, -0.15) is 0 Å². The Morgan fingerprint density at radius 3 is 2.43 bits per heavy atom. The first kappa shape index (κ1) is 28.6. The van der Waals surface area contributed by atoms with Crippen molar-refractivity contribution >= 4 is 51.3 Å². The van der Waals surface area contributed by atoms with E-state index >= 15 is 0 Å². The normalized spacial score (nSPS) is 11.9. The molecule has 10 heteroatoms. The van der Waals surface area contributed by atoms with Crippen LogP contribution in [-0.2, 0) is 27.2 Å². The predicted molar refractivity (Wildman–Crippen MR) is 158 cm³/mol. The first-order chi connectivity index (χ1) is 20.2. The smallest absolute Gasteiger partial charge is 0.340 e. The minimum Gasteiger partial charge on any atom is -0.481 e. The van der Waals surface area contributed by atoms with Gasteiger partial charge in [-0.1, -0.05) is 54.1 Å². The van der Waals surface area contributed by atoms with Crippen molar-refractivity contribution in [1.29, 1.82) is 0 Å². The van der Waals surface area contributed by atoms with Crippen LogP contribution in [0.1, 0.15) is 23.1 Å². The molecule has 2 aromatic heterocycles. The van der Waals surface area contributed by atoms with Crippen LogP contribution in [-0.4, -0.2) is 35.5 Å². The highest BCUT2D eigenvalue weighted by Crippen LogP contribution is 2.34. The van der Waals surface area contributed by atoms with E-state index < -0.39 is 29.5 Å². The summed E-state index contributed by atoms with van der Waals surface area (Å²) in [5, 5.41) is 16.2. The van der Waals surface area contributed by atoms with Crippen molar-refractivity contribution in [1.82, 2.24) is 10.6 Å². The predicted octanol–water partition coefficient (Wildman–Crippen LogP) is 5.03. The Morgan fingerprint density at radius 1 is 0.976 bits per heavy atom. The van der Waals surface area contributed by atoms with Gasteiger partial charge in [0.1, 0.15) is 17.2 Å². The van der Waals surface area contributed by atoms with Crippen LogP contribution in [0.5, 0.6) is 0 Å². The van der Waals surface area contributed by atoms with E-state index in [-0.39, 0.29) is 31.4 Å². The molecule has 0 bridgehead atoms. The summed E-state index contributed by atoms with van der Waals surface area (Å²) in [5.74, 6) is -2.17. The summed E-state index contributed by atoms with van der Waals surface area (Å²) in [6.07, 6.45) is 1.20. The number of amides is 2. The zero-order valence-corrected chi connectivity index (χ0v) is 23.4. The van der Waals surface area contributed by atoms with Crippen LogP contribution >= 0.6 is 11.6 Å². The number of carboxylic acids is 1. The van der Waals surface area contributed by atoms with Gasteiger partial charge in [-0.3, -0.25) is 14.4 Å². The maximum absolute atomic E-state index is 13.2. The van der Waals surface area contributed by atoms with Crippen LogP contribution in [0.4, 0.5) is 0 Å². The number of nitrogens with one attached hydrogen (secondary N) is 2. The zero-order valence-electron chi connectivity index (χ0n) is 22.6. The lowest BCUT2D eigenvalue weighted by molar-refractivity contribution is -0.137. The number of halogens is 1. The molecule has 0 aliphatic heterocycles. The average Bonchev–Trinajstić information content (AvgIpc) is 3.38. The van der Waals surface area contributed by atoms with Crippen molar-refractivity contribution in [2.45, 2.75) is 32.2 Å². The second-order valence-electron chi connectivity index (χ2n) is 9.92. The highest BCUT2D eigenvalue weighted by Gasteiger charge is 2.24. The number of carbonyl (C=O) groups is 3. The Kier molecular flexibility index (Phi) is 8.40. The summed E-state index contributed by atoms with van der Waals surface area (Å²) >= 11 is 5.97. The fourth-order valence-electron chi connectivity index (χ4n) is 4.84. The third kappa shape index (κ3) is 6.37. The van der Waals surface area contributed by atoms with E-state index in [4.69, 9.17) is 25.5 Å². The van der Waals surface area contributed by atoms with Crippen molar-refractivity contribution < 1.29 is 28.3 Å². The van der Waals surface area contributed by atoms with Crippen molar-refractivity contribution in [2.75, 3.05) is 6.54 Å². The van der Waals surface area contributed by atoms with Gasteiger partial charge in [0.2, 0.25) is 11.8 Å². The number of benzene rings is 3. The summed E-state index contributed by atoms with van der Waals surface area (Å²) < 4.78 is 11.3. The Hall–Kier alpha value is -4.89. The molecule has 0 fully saturated rings. The lowest BCUT2D eigenvalue weighted by Crippen LogP contribution is -2.49. The highest BCUT2D eigenvalue weighted by atomic mass is 35.5. The summed E-state index contributed by atoms with van der Waals surface area (Å²) in [4.78, 5) is 50.0. The minimum atomic E-state index is -1.06. The maximum Gasteiger partial charge on any atom is 0.340 e. The third-order valence-electron chi connectivity index (χ3n) is 7.05. The van der Waals surface area contributed by atoms with Gasteiger partial charge in [-0.05, 0) is 41.8 Å². The minimum absolute atomic E-state index is 0.0953. The van der Waals surface area contributed by atoms with Crippen LogP contribution in [0.2, 0.25) is 5.02 Å². The number of hydrogen-bond acceptors (Lipinski definition) is 6. The summed E-state index contributed by atoms with van der Waals surface area (Å²) in [6.45, 7) is 1.65. The van der Waals surface area contributed by atoms with Gasteiger partial charge in [0, 0.05) is 40.4 Å². The molecule has 0 saturated heterocycles. The average molecular weight is 587 g/mol. The Labute approximate surface area is 245 Å². The molecule has 0 aliphatic carbocycles. The molecule has 0 aliphatic rings. The quantitative estimate of drug-likeness (QED) is 0.195. The lowest BCUT2D eigenvalue weighted by Gasteiger charge is -2.19. The molecule has 0 radical (unpaired) electrons. The van der Waals surface area contributed by atoms with Gasteiger partial charge in [0.25, 0.3) is 0 Å². The summed E-state index contributed by atoms with van der Waals surface area (Å²) in [7, 11) is 0. The molecule has 214 valence electrons. The van der Waals surface area contributed by atoms with Crippen LogP contribution in [0, 0.1) is 6.92 Å². The number of aliphatic carboxylic acids is 1. The molecule has 5 rings (SSSR count). The fourth-order valence-corrected chi connectivity index (χ4v) is 4.97. The molecule has 9 nitrogen and oxygen atoms in total. The van der Waals surface area contributed by atoms with Crippen molar-refractivity contribution in [2.24, 2.45) is 0 Å². The molecule has 2 amide bonds. The van der Waals surface area contributed by atoms with Crippen LogP contribution < -0.4 is 16.3 Å². The Morgan fingerprint density at radius 2 is 1.71 bits per heavy atom. The zero-order chi connectivity index (χ0) is 29.8. The Bertz CT molecular complexity index is 1840. The van der Waals surface area contributed by atoms with Crippen molar-refractivity contribution in [3.05, 3.63) is 105 Å². The molecule has 0 spiro atoms. The van der Waals surface area contributed by atoms with E-state index in [1.807, 2.05) is 36.4 Å². The number of hydrogen-bond donors (Lipinski definition) is 3. The van der Waals surface area contributed by atoms with Crippen LogP contribution in [0.25, 0.3) is 33.1 Å². The van der Waals surface area contributed by atoms with Crippen molar-refractivity contribution in [3.63, 3.8) is 0 Å². The monoisotopic (exact) mass is 586 g/mol. The largest absolute Gasteiger partial charge is 0.481 e. The molecule has 3 N–H and O–H groups in total. The molecular formula is C32H27ClN2O7. The van der Waals surface area contributed by atoms with Gasteiger partial charge in [-0.15, -0.1) is 0 Å². The second-order valence-corrected chi connectivity index (χ2v) is 10.4. The number of carbonyl (C=O) groups excluding carboxylic acids is 2. The molecule has 42 heavy (non-hydrogen) atoms.